The molecular weight excluding hydrogens is 231 g/mol. The summed E-state index contributed by atoms with van der Waals surface area (Å²) in [4.78, 5) is 3.94. The number of nitrogens with one attached hydrogen (secondary N) is 1. The summed E-state index contributed by atoms with van der Waals surface area (Å²) in [5.41, 5.74) is 1.19. The smallest absolute Gasteiger partial charge is 0.131 e. The van der Waals surface area contributed by atoms with Gasteiger partial charge in [0.25, 0.3) is 0 Å². The number of hydrogen-bond donors (Lipinski definition) is 1. The van der Waals surface area contributed by atoms with Crippen LogP contribution in [0.5, 0.6) is 0 Å². The lowest BCUT2D eigenvalue weighted by molar-refractivity contribution is 0.376. The van der Waals surface area contributed by atoms with Crippen LogP contribution >= 0.6 is 23.2 Å². The maximum absolute atomic E-state index is 5.86. The molecule has 0 saturated carbocycles. The van der Waals surface area contributed by atoms with Gasteiger partial charge in [-0.05, 0) is 56.0 Å². The molecule has 15 heavy (non-hydrogen) atoms. The van der Waals surface area contributed by atoms with Crippen LogP contribution in [0, 0.1) is 5.92 Å². The molecule has 4 heteroatoms. The average Bonchev–Trinajstić information content (AvgIpc) is 2.17. The second-order valence-electron chi connectivity index (χ2n) is 4.04. The first-order valence-electron chi connectivity index (χ1n) is 5.27. The van der Waals surface area contributed by atoms with E-state index >= 15 is 0 Å². The largest absolute Gasteiger partial charge is 0.316 e. The van der Waals surface area contributed by atoms with Gasteiger partial charge in [0.2, 0.25) is 0 Å². The van der Waals surface area contributed by atoms with E-state index in [0.29, 0.717) is 16.2 Å². The third-order valence-corrected chi connectivity index (χ3v) is 3.13. The molecule has 1 aromatic heterocycles. The molecule has 1 atom stereocenters. The number of halogens is 2. The minimum atomic E-state index is 0.487. The van der Waals surface area contributed by atoms with Crippen molar-refractivity contribution >= 4 is 23.2 Å². The molecule has 0 amide bonds. The van der Waals surface area contributed by atoms with Crippen molar-refractivity contribution < 1.29 is 0 Å². The maximum Gasteiger partial charge on any atom is 0.131 e. The van der Waals surface area contributed by atoms with Gasteiger partial charge < -0.3 is 5.32 Å². The van der Waals surface area contributed by atoms with Crippen molar-refractivity contribution in [3.8, 4) is 0 Å². The second kappa shape index (κ2) is 5.15. The lowest BCUT2D eigenvalue weighted by atomic mass is 9.93. The molecule has 0 spiro atoms. The van der Waals surface area contributed by atoms with Crippen molar-refractivity contribution in [2.45, 2.75) is 19.3 Å². The van der Waals surface area contributed by atoms with Crippen LogP contribution in [0.25, 0.3) is 0 Å². The van der Waals surface area contributed by atoms with Gasteiger partial charge in [0.05, 0.1) is 0 Å². The van der Waals surface area contributed by atoms with Crippen LogP contribution in [-0.4, -0.2) is 18.1 Å². The van der Waals surface area contributed by atoms with Crippen molar-refractivity contribution in [3.05, 3.63) is 28.0 Å². The van der Waals surface area contributed by atoms with Gasteiger partial charge in [0, 0.05) is 0 Å². The van der Waals surface area contributed by atoms with Gasteiger partial charge >= 0.3 is 0 Å². The molecule has 82 valence electrons. The number of hydrogen-bond acceptors (Lipinski definition) is 2. The van der Waals surface area contributed by atoms with Crippen LogP contribution in [0.15, 0.2) is 12.1 Å². The van der Waals surface area contributed by atoms with Gasteiger partial charge in [0.15, 0.2) is 0 Å². The molecule has 0 bridgehead atoms. The highest BCUT2D eigenvalue weighted by molar-refractivity contribution is 6.32. The lowest BCUT2D eigenvalue weighted by Gasteiger charge is -2.22. The molecule has 2 nitrogen and oxygen atoms in total. The predicted molar refractivity (Wildman–Crippen MR) is 63.6 cm³/mol. The third kappa shape index (κ3) is 3.33. The van der Waals surface area contributed by atoms with Gasteiger partial charge in [-0.1, -0.05) is 23.2 Å². The van der Waals surface area contributed by atoms with Gasteiger partial charge in [-0.3, -0.25) is 0 Å². The van der Waals surface area contributed by atoms with Crippen LogP contribution in [0.4, 0.5) is 0 Å². The van der Waals surface area contributed by atoms with Gasteiger partial charge in [-0.15, -0.1) is 0 Å². The van der Waals surface area contributed by atoms with Gasteiger partial charge in [-0.25, -0.2) is 4.98 Å². The summed E-state index contributed by atoms with van der Waals surface area (Å²) in [6.45, 7) is 2.24. The van der Waals surface area contributed by atoms with E-state index in [2.05, 4.69) is 10.3 Å². The van der Waals surface area contributed by atoms with Crippen molar-refractivity contribution in [3.63, 3.8) is 0 Å². The fraction of sp³-hybridized carbons (Fsp3) is 0.545. The number of piperidine rings is 1. The Balaban J connectivity index is 2.02. The standard InChI is InChI=1S/C11H14Cl2N2/c12-10-5-9(6-11(13)15-10)4-8-2-1-3-14-7-8/h5-6,8,14H,1-4,7H2. The zero-order chi connectivity index (χ0) is 10.7. The highest BCUT2D eigenvalue weighted by Crippen LogP contribution is 2.20. The fourth-order valence-electron chi connectivity index (χ4n) is 2.06. The first-order valence-corrected chi connectivity index (χ1v) is 6.02. The zero-order valence-corrected chi connectivity index (χ0v) is 9.98. The molecule has 0 aliphatic carbocycles. The van der Waals surface area contributed by atoms with Crippen LogP contribution in [0.3, 0.4) is 0 Å². The topological polar surface area (TPSA) is 24.9 Å². The van der Waals surface area contributed by atoms with Crippen molar-refractivity contribution in [2.75, 3.05) is 13.1 Å². The molecule has 1 N–H and O–H groups in total. The summed E-state index contributed by atoms with van der Waals surface area (Å²) in [6, 6.07) is 3.81. The molecule has 2 heterocycles. The number of nitrogens with zero attached hydrogens (tertiary/aromatic N) is 1. The Hall–Kier alpha value is -0.310. The van der Waals surface area contributed by atoms with E-state index < -0.39 is 0 Å². The Kier molecular flexibility index (Phi) is 3.84. The highest BCUT2D eigenvalue weighted by atomic mass is 35.5. The second-order valence-corrected chi connectivity index (χ2v) is 4.81. The van der Waals surface area contributed by atoms with E-state index in [1.165, 1.54) is 18.4 Å². The molecular formula is C11H14Cl2N2. The van der Waals surface area contributed by atoms with E-state index in [1.807, 2.05) is 12.1 Å². The summed E-state index contributed by atoms with van der Waals surface area (Å²) in [5.74, 6) is 0.702. The molecule has 2 rings (SSSR count). The lowest BCUT2D eigenvalue weighted by Crippen LogP contribution is -2.30. The van der Waals surface area contributed by atoms with E-state index in [9.17, 15) is 0 Å². The van der Waals surface area contributed by atoms with Crippen LogP contribution < -0.4 is 5.32 Å². The number of pyridine rings is 1. The van der Waals surface area contributed by atoms with Crippen LogP contribution in [0.1, 0.15) is 18.4 Å². The molecule has 1 aromatic rings. The quantitative estimate of drug-likeness (QED) is 0.810. The van der Waals surface area contributed by atoms with Gasteiger partial charge in [-0.2, -0.15) is 0 Å². The molecule has 0 radical (unpaired) electrons. The average molecular weight is 245 g/mol. The Labute approximate surface area is 100.0 Å². The third-order valence-electron chi connectivity index (χ3n) is 2.75. The molecule has 1 unspecified atom stereocenters. The number of aromatic nitrogens is 1. The SMILES string of the molecule is Clc1cc(CC2CCCNC2)cc(Cl)n1. The molecule has 1 saturated heterocycles. The summed E-state index contributed by atoms with van der Waals surface area (Å²) >= 11 is 11.7. The minimum absolute atomic E-state index is 0.487. The molecule has 1 aliphatic heterocycles. The Morgan fingerprint density at radius 2 is 2.07 bits per heavy atom. The van der Waals surface area contributed by atoms with E-state index in [0.717, 1.165) is 19.5 Å². The maximum atomic E-state index is 5.86. The van der Waals surface area contributed by atoms with E-state index in [4.69, 9.17) is 23.2 Å². The Bertz CT molecular complexity index is 315. The zero-order valence-electron chi connectivity index (χ0n) is 8.47. The molecule has 0 aromatic carbocycles. The normalized spacial score (nSPS) is 21.6. The summed E-state index contributed by atoms with van der Waals surface area (Å²) in [6.07, 6.45) is 3.58. The van der Waals surface area contributed by atoms with E-state index in [1.54, 1.807) is 0 Å². The Morgan fingerprint density at radius 1 is 1.33 bits per heavy atom. The van der Waals surface area contributed by atoms with Crippen molar-refractivity contribution in [1.29, 1.82) is 0 Å². The first kappa shape index (κ1) is 11.2. The summed E-state index contributed by atoms with van der Waals surface area (Å²) < 4.78 is 0. The van der Waals surface area contributed by atoms with Crippen molar-refractivity contribution in [2.24, 2.45) is 5.92 Å². The summed E-state index contributed by atoms with van der Waals surface area (Å²) in [5, 5.41) is 4.38. The molecule has 1 fully saturated rings. The number of rotatable bonds is 2. The Morgan fingerprint density at radius 3 is 2.67 bits per heavy atom. The van der Waals surface area contributed by atoms with E-state index in [-0.39, 0.29) is 0 Å². The first-order chi connectivity index (χ1) is 7.24. The van der Waals surface area contributed by atoms with Crippen LogP contribution in [-0.2, 0) is 6.42 Å². The molecule has 1 aliphatic rings. The van der Waals surface area contributed by atoms with Gasteiger partial charge in [0.1, 0.15) is 10.3 Å². The van der Waals surface area contributed by atoms with Crippen molar-refractivity contribution in [1.82, 2.24) is 10.3 Å². The van der Waals surface area contributed by atoms with Crippen LogP contribution in [0.2, 0.25) is 10.3 Å². The summed E-state index contributed by atoms with van der Waals surface area (Å²) in [7, 11) is 0. The highest BCUT2D eigenvalue weighted by Gasteiger charge is 2.14. The predicted octanol–water partition coefficient (Wildman–Crippen LogP) is 2.93. The monoisotopic (exact) mass is 244 g/mol. The minimum Gasteiger partial charge on any atom is -0.316 e. The fourth-order valence-corrected chi connectivity index (χ4v) is 2.57.